The summed E-state index contributed by atoms with van der Waals surface area (Å²) in [5.74, 6) is 0. The Morgan fingerprint density at radius 3 is 3.18 bits per heavy atom. The topological polar surface area (TPSA) is 63.5 Å². The van der Waals surface area contributed by atoms with Crippen molar-refractivity contribution >= 4 is 6.03 Å². The number of ether oxygens (including phenoxy) is 1. The maximum atomic E-state index is 11.6. The summed E-state index contributed by atoms with van der Waals surface area (Å²) in [6.45, 7) is 3.24. The minimum atomic E-state index is -0.172. The van der Waals surface area contributed by atoms with E-state index >= 15 is 0 Å². The van der Waals surface area contributed by atoms with E-state index < -0.39 is 0 Å². The zero-order valence-corrected chi connectivity index (χ0v) is 9.94. The Balaban J connectivity index is 1.69. The molecule has 5 nitrogen and oxygen atoms in total. The predicted molar refractivity (Wildman–Crippen MR) is 62.5 cm³/mol. The van der Waals surface area contributed by atoms with Crippen molar-refractivity contribution in [3.05, 3.63) is 24.2 Å². The first-order valence-electron chi connectivity index (χ1n) is 5.93. The third-order valence-corrected chi connectivity index (χ3v) is 2.91. The van der Waals surface area contributed by atoms with E-state index in [9.17, 15) is 4.79 Å². The molecule has 0 saturated carbocycles. The van der Waals surface area contributed by atoms with E-state index in [-0.39, 0.29) is 18.2 Å². The molecule has 5 heteroatoms. The molecular formula is C12H18N2O3. The number of hydrogen-bond donors (Lipinski definition) is 2. The summed E-state index contributed by atoms with van der Waals surface area (Å²) < 4.78 is 10.4. The van der Waals surface area contributed by atoms with Crippen LogP contribution in [0.5, 0.6) is 0 Å². The van der Waals surface area contributed by atoms with Crippen LogP contribution in [-0.2, 0) is 11.3 Å². The van der Waals surface area contributed by atoms with E-state index in [0.29, 0.717) is 6.54 Å². The molecule has 1 fully saturated rings. The fraction of sp³-hybridized carbons (Fsp3) is 0.583. The van der Waals surface area contributed by atoms with Crippen molar-refractivity contribution in [2.24, 2.45) is 0 Å². The molecule has 2 amide bonds. The molecule has 0 bridgehead atoms. The molecule has 0 radical (unpaired) electrons. The fourth-order valence-corrected chi connectivity index (χ4v) is 1.92. The SMILES string of the molecule is C[C@@H](NC(=O)NCc1ccoc1)[C@@H]1CCCO1. The number of rotatable bonds is 4. The van der Waals surface area contributed by atoms with Crippen LogP contribution in [0.25, 0.3) is 0 Å². The lowest BCUT2D eigenvalue weighted by Crippen LogP contribution is -2.45. The predicted octanol–water partition coefficient (Wildman–Crippen LogP) is 1.65. The molecule has 1 aliphatic rings. The maximum Gasteiger partial charge on any atom is 0.315 e. The first kappa shape index (κ1) is 12.0. The van der Waals surface area contributed by atoms with Gasteiger partial charge in [0, 0.05) is 18.7 Å². The van der Waals surface area contributed by atoms with Gasteiger partial charge in [-0.1, -0.05) is 0 Å². The van der Waals surface area contributed by atoms with Gasteiger partial charge in [0.2, 0.25) is 0 Å². The van der Waals surface area contributed by atoms with Gasteiger partial charge in [-0.05, 0) is 25.8 Å². The van der Waals surface area contributed by atoms with Crippen molar-refractivity contribution in [1.29, 1.82) is 0 Å². The van der Waals surface area contributed by atoms with Gasteiger partial charge < -0.3 is 19.8 Å². The van der Waals surface area contributed by atoms with Crippen molar-refractivity contribution in [3.63, 3.8) is 0 Å². The molecule has 2 N–H and O–H groups in total. The summed E-state index contributed by atoms with van der Waals surface area (Å²) in [6.07, 6.45) is 5.44. The van der Waals surface area contributed by atoms with Gasteiger partial charge in [0.05, 0.1) is 24.7 Å². The number of amides is 2. The standard InChI is InChI=1S/C12H18N2O3/c1-9(11-3-2-5-17-11)14-12(15)13-7-10-4-6-16-8-10/h4,6,8-9,11H,2-3,5,7H2,1H3,(H2,13,14,15)/t9-,11+/m1/s1. The highest BCUT2D eigenvalue weighted by atomic mass is 16.5. The second-order valence-corrected chi connectivity index (χ2v) is 4.30. The third kappa shape index (κ3) is 3.49. The molecule has 2 rings (SSSR count). The molecular weight excluding hydrogens is 220 g/mol. The van der Waals surface area contributed by atoms with Gasteiger partial charge >= 0.3 is 6.03 Å². The Hall–Kier alpha value is -1.49. The molecule has 17 heavy (non-hydrogen) atoms. The van der Waals surface area contributed by atoms with Crippen molar-refractivity contribution in [2.75, 3.05) is 6.61 Å². The van der Waals surface area contributed by atoms with E-state index in [2.05, 4.69) is 10.6 Å². The van der Waals surface area contributed by atoms with E-state index in [1.54, 1.807) is 12.5 Å². The molecule has 1 saturated heterocycles. The Labute approximate surface area is 101 Å². The fourth-order valence-electron chi connectivity index (χ4n) is 1.92. The molecule has 1 aromatic rings. The summed E-state index contributed by atoms with van der Waals surface area (Å²) in [4.78, 5) is 11.6. The third-order valence-electron chi connectivity index (χ3n) is 2.91. The molecule has 2 heterocycles. The van der Waals surface area contributed by atoms with Crippen molar-refractivity contribution in [3.8, 4) is 0 Å². The van der Waals surface area contributed by atoms with Crippen LogP contribution >= 0.6 is 0 Å². The van der Waals surface area contributed by atoms with Gasteiger partial charge in [0.15, 0.2) is 0 Å². The number of nitrogens with one attached hydrogen (secondary N) is 2. The highest BCUT2D eigenvalue weighted by Crippen LogP contribution is 2.15. The Morgan fingerprint density at radius 2 is 2.53 bits per heavy atom. The van der Waals surface area contributed by atoms with Crippen LogP contribution in [0.1, 0.15) is 25.3 Å². The number of carbonyl (C=O) groups is 1. The van der Waals surface area contributed by atoms with Crippen molar-refractivity contribution in [1.82, 2.24) is 10.6 Å². The summed E-state index contributed by atoms with van der Waals surface area (Å²) in [7, 11) is 0. The summed E-state index contributed by atoms with van der Waals surface area (Å²) in [5.41, 5.74) is 0.949. The number of hydrogen-bond acceptors (Lipinski definition) is 3. The minimum absolute atomic E-state index is 0.0434. The van der Waals surface area contributed by atoms with Gasteiger partial charge in [0.1, 0.15) is 0 Å². The van der Waals surface area contributed by atoms with Crippen LogP contribution in [0.2, 0.25) is 0 Å². The highest BCUT2D eigenvalue weighted by molar-refractivity contribution is 5.74. The van der Waals surface area contributed by atoms with Crippen LogP contribution in [0.3, 0.4) is 0 Å². The smallest absolute Gasteiger partial charge is 0.315 e. The van der Waals surface area contributed by atoms with Crippen LogP contribution in [0, 0.1) is 0 Å². The molecule has 0 spiro atoms. The zero-order valence-electron chi connectivity index (χ0n) is 9.94. The van der Waals surface area contributed by atoms with Gasteiger partial charge in [-0.3, -0.25) is 0 Å². The number of urea groups is 1. The Bertz CT molecular complexity index is 345. The normalized spacial score (nSPS) is 21.1. The molecule has 94 valence electrons. The molecule has 1 aliphatic heterocycles. The summed E-state index contributed by atoms with van der Waals surface area (Å²) in [6, 6.07) is 1.69. The van der Waals surface area contributed by atoms with E-state index in [0.717, 1.165) is 25.0 Å². The van der Waals surface area contributed by atoms with Crippen LogP contribution in [0.4, 0.5) is 4.79 Å². The summed E-state index contributed by atoms with van der Waals surface area (Å²) in [5, 5.41) is 5.65. The summed E-state index contributed by atoms with van der Waals surface area (Å²) >= 11 is 0. The molecule has 0 unspecified atom stereocenters. The van der Waals surface area contributed by atoms with Crippen molar-refractivity contribution in [2.45, 2.75) is 38.5 Å². The average Bonchev–Trinajstić information content (AvgIpc) is 2.99. The first-order chi connectivity index (χ1) is 8.25. The number of carbonyl (C=O) groups excluding carboxylic acids is 1. The average molecular weight is 238 g/mol. The van der Waals surface area contributed by atoms with Gasteiger partial charge in [0.25, 0.3) is 0 Å². The van der Waals surface area contributed by atoms with Crippen LogP contribution in [0.15, 0.2) is 23.0 Å². The van der Waals surface area contributed by atoms with Crippen molar-refractivity contribution < 1.29 is 13.9 Å². The lowest BCUT2D eigenvalue weighted by Gasteiger charge is -2.20. The Morgan fingerprint density at radius 1 is 1.65 bits per heavy atom. The van der Waals surface area contributed by atoms with Gasteiger partial charge in [-0.25, -0.2) is 4.79 Å². The second-order valence-electron chi connectivity index (χ2n) is 4.30. The Kier molecular flexibility index (Phi) is 4.03. The zero-order chi connectivity index (χ0) is 12.1. The number of furan rings is 1. The van der Waals surface area contributed by atoms with Crippen LogP contribution < -0.4 is 10.6 Å². The second kappa shape index (κ2) is 5.72. The first-order valence-corrected chi connectivity index (χ1v) is 5.93. The van der Waals surface area contributed by atoms with E-state index in [1.165, 1.54) is 0 Å². The van der Waals surface area contributed by atoms with E-state index in [1.807, 2.05) is 13.0 Å². The molecule has 0 aliphatic carbocycles. The lowest BCUT2D eigenvalue weighted by molar-refractivity contribution is 0.0860. The molecule has 0 aromatic carbocycles. The maximum absolute atomic E-state index is 11.6. The largest absolute Gasteiger partial charge is 0.472 e. The molecule has 2 atom stereocenters. The molecule has 1 aromatic heterocycles. The van der Waals surface area contributed by atoms with E-state index in [4.69, 9.17) is 9.15 Å². The highest BCUT2D eigenvalue weighted by Gasteiger charge is 2.23. The van der Waals surface area contributed by atoms with Gasteiger partial charge in [-0.2, -0.15) is 0 Å². The van der Waals surface area contributed by atoms with Gasteiger partial charge in [-0.15, -0.1) is 0 Å². The van der Waals surface area contributed by atoms with Crippen LogP contribution in [-0.4, -0.2) is 24.8 Å². The monoisotopic (exact) mass is 238 g/mol. The quantitative estimate of drug-likeness (QED) is 0.838. The lowest BCUT2D eigenvalue weighted by atomic mass is 10.1. The minimum Gasteiger partial charge on any atom is -0.472 e.